The Kier molecular flexibility index (Phi) is 4.38. The van der Waals surface area contributed by atoms with Crippen LogP contribution in [0.2, 0.25) is 0 Å². The molecule has 134 valence electrons. The predicted molar refractivity (Wildman–Crippen MR) is 101 cm³/mol. The molecule has 0 aliphatic rings. The molecule has 1 aromatic carbocycles. The third-order valence-corrected chi connectivity index (χ3v) is 4.34. The van der Waals surface area contributed by atoms with Gasteiger partial charge in [-0.05, 0) is 54.1 Å². The van der Waals surface area contributed by atoms with Crippen molar-refractivity contribution in [2.75, 3.05) is 0 Å². The van der Waals surface area contributed by atoms with Crippen LogP contribution in [0.25, 0.3) is 27.9 Å². The van der Waals surface area contributed by atoms with Crippen LogP contribution < -0.4 is 5.32 Å². The Morgan fingerprint density at radius 3 is 2.48 bits per heavy atom. The summed E-state index contributed by atoms with van der Waals surface area (Å²) in [5.41, 5.74) is 5.23. The molecule has 0 saturated heterocycles. The summed E-state index contributed by atoms with van der Waals surface area (Å²) in [5.74, 6) is -0.397. The van der Waals surface area contributed by atoms with E-state index in [1.54, 1.807) is 24.5 Å². The summed E-state index contributed by atoms with van der Waals surface area (Å²) in [7, 11) is 0. The van der Waals surface area contributed by atoms with Crippen LogP contribution in [0.4, 0.5) is 4.39 Å². The van der Waals surface area contributed by atoms with Crippen molar-refractivity contribution in [2.45, 2.75) is 13.5 Å². The van der Waals surface area contributed by atoms with Gasteiger partial charge in [-0.25, -0.2) is 8.91 Å². The number of benzene rings is 1. The molecule has 5 nitrogen and oxygen atoms in total. The fourth-order valence-electron chi connectivity index (χ4n) is 3.09. The molecule has 0 saturated carbocycles. The van der Waals surface area contributed by atoms with Crippen LogP contribution in [0.3, 0.4) is 0 Å². The van der Waals surface area contributed by atoms with Crippen LogP contribution in [-0.4, -0.2) is 20.5 Å². The number of fused-ring (bicyclic) bond motifs is 1. The number of pyridine rings is 2. The van der Waals surface area contributed by atoms with E-state index in [0.717, 1.165) is 33.6 Å². The van der Waals surface area contributed by atoms with E-state index < -0.39 is 0 Å². The van der Waals surface area contributed by atoms with Crippen LogP contribution in [0, 0.1) is 5.82 Å². The highest BCUT2D eigenvalue weighted by Crippen LogP contribution is 2.35. The molecule has 1 amide bonds. The molecule has 0 unspecified atom stereocenters. The van der Waals surface area contributed by atoms with Gasteiger partial charge >= 0.3 is 0 Å². The smallest absolute Gasteiger partial charge is 0.217 e. The van der Waals surface area contributed by atoms with Crippen molar-refractivity contribution in [1.82, 2.24) is 19.9 Å². The summed E-state index contributed by atoms with van der Waals surface area (Å²) in [4.78, 5) is 15.4. The maximum atomic E-state index is 13.4. The molecule has 3 heterocycles. The Morgan fingerprint density at radius 1 is 1.04 bits per heavy atom. The molecule has 0 fully saturated rings. The maximum Gasteiger partial charge on any atom is 0.217 e. The second-order valence-corrected chi connectivity index (χ2v) is 6.19. The van der Waals surface area contributed by atoms with E-state index in [4.69, 9.17) is 5.10 Å². The van der Waals surface area contributed by atoms with Crippen molar-refractivity contribution in [1.29, 1.82) is 0 Å². The lowest BCUT2D eigenvalue weighted by Crippen LogP contribution is -2.20. The molecule has 0 bridgehead atoms. The lowest BCUT2D eigenvalue weighted by molar-refractivity contribution is -0.119. The van der Waals surface area contributed by atoms with Gasteiger partial charge in [0.25, 0.3) is 0 Å². The second-order valence-electron chi connectivity index (χ2n) is 6.19. The minimum absolute atomic E-state index is 0.104. The summed E-state index contributed by atoms with van der Waals surface area (Å²) in [6.45, 7) is 1.85. The zero-order valence-electron chi connectivity index (χ0n) is 14.7. The van der Waals surface area contributed by atoms with Crippen LogP contribution >= 0.6 is 0 Å². The quantitative estimate of drug-likeness (QED) is 0.602. The van der Waals surface area contributed by atoms with Gasteiger partial charge in [-0.3, -0.25) is 9.78 Å². The first-order valence-corrected chi connectivity index (χ1v) is 8.55. The molecule has 0 atom stereocenters. The average Bonchev–Trinajstić information content (AvgIpc) is 3.07. The van der Waals surface area contributed by atoms with Gasteiger partial charge in [0.05, 0.1) is 17.8 Å². The largest absolute Gasteiger partial charge is 0.351 e. The summed E-state index contributed by atoms with van der Waals surface area (Å²) in [5, 5.41) is 7.60. The molecular formula is C21H17FN4O. The number of amides is 1. The van der Waals surface area contributed by atoms with Gasteiger partial charge in [0.1, 0.15) is 11.5 Å². The monoisotopic (exact) mass is 360 g/mol. The number of carbonyl (C=O) groups excluding carboxylic acids is 1. The van der Waals surface area contributed by atoms with Crippen molar-refractivity contribution >= 4 is 11.4 Å². The van der Waals surface area contributed by atoms with Gasteiger partial charge in [0, 0.05) is 30.4 Å². The van der Waals surface area contributed by atoms with Crippen LogP contribution in [-0.2, 0) is 11.3 Å². The lowest BCUT2D eigenvalue weighted by Gasteiger charge is -2.06. The minimum Gasteiger partial charge on any atom is -0.351 e. The number of hydrogen-bond acceptors (Lipinski definition) is 3. The summed E-state index contributed by atoms with van der Waals surface area (Å²) in [6, 6.07) is 16.0. The molecule has 4 aromatic rings. The highest BCUT2D eigenvalue weighted by molar-refractivity contribution is 5.92. The predicted octanol–water partition coefficient (Wildman–Crippen LogP) is 3.84. The average molecular weight is 360 g/mol. The Morgan fingerprint density at radius 2 is 1.78 bits per heavy atom. The fraction of sp³-hybridized carbons (Fsp3) is 0.0952. The van der Waals surface area contributed by atoms with Crippen LogP contribution in [0.1, 0.15) is 12.6 Å². The van der Waals surface area contributed by atoms with Crippen molar-refractivity contribution in [3.63, 3.8) is 0 Å². The Labute approximate surface area is 155 Å². The molecule has 0 aliphatic heterocycles. The fourth-order valence-corrected chi connectivity index (χ4v) is 3.09. The van der Waals surface area contributed by atoms with E-state index in [1.165, 1.54) is 19.1 Å². The number of nitrogens with zero attached hydrogens (tertiary/aromatic N) is 3. The molecule has 3 aromatic heterocycles. The van der Waals surface area contributed by atoms with E-state index in [2.05, 4.69) is 10.3 Å². The second kappa shape index (κ2) is 6.99. The van der Waals surface area contributed by atoms with E-state index in [9.17, 15) is 9.18 Å². The number of aromatic nitrogens is 3. The van der Waals surface area contributed by atoms with Crippen molar-refractivity contribution < 1.29 is 9.18 Å². The Balaban J connectivity index is 1.96. The molecule has 1 N–H and O–H groups in total. The van der Waals surface area contributed by atoms with Gasteiger partial charge < -0.3 is 5.32 Å². The number of carbonyl (C=O) groups is 1. The minimum atomic E-state index is -0.292. The van der Waals surface area contributed by atoms with Crippen LogP contribution in [0.5, 0.6) is 0 Å². The zero-order chi connectivity index (χ0) is 18.8. The molecule has 6 heteroatoms. The number of nitrogens with one attached hydrogen (secondary N) is 1. The molecule has 4 rings (SSSR count). The first-order valence-electron chi connectivity index (χ1n) is 8.55. The Bertz CT molecular complexity index is 1100. The molecule has 0 radical (unpaired) electrons. The SMILES string of the molecule is CC(=O)NCc1cccc2c(-c3ccncc3)c(-c3ccc(F)cc3)nn12. The van der Waals surface area contributed by atoms with E-state index in [1.807, 2.05) is 34.8 Å². The highest BCUT2D eigenvalue weighted by atomic mass is 19.1. The van der Waals surface area contributed by atoms with E-state index in [-0.39, 0.29) is 11.7 Å². The summed E-state index contributed by atoms with van der Waals surface area (Å²) >= 11 is 0. The van der Waals surface area contributed by atoms with Crippen molar-refractivity contribution in [3.05, 3.63) is 78.5 Å². The topological polar surface area (TPSA) is 59.3 Å². The molecular weight excluding hydrogens is 343 g/mol. The zero-order valence-corrected chi connectivity index (χ0v) is 14.7. The van der Waals surface area contributed by atoms with Gasteiger partial charge in [0.2, 0.25) is 5.91 Å². The van der Waals surface area contributed by atoms with Crippen LogP contribution in [0.15, 0.2) is 67.0 Å². The molecule has 0 aliphatic carbocycles. The van der Waals surface area contributed by atoms with Crippen molar-refractivity contribution in [3.8, 4) is 22.4 Å². The van der Waals surface area contributed by atoms with Gasteiger partial charge in [-0.15, -0.1) is 0 Å². The van der Waals surface area contributed by atoms with E-state index in [0.29, 0.717) is 6.54 Å². The summed E-state index contributed by atoms with van der Waals surface area (Å²) in [6.07, 6.45) is 3.46. The first-order chi connectivity index (χ1) is 13.1. The normalized spacial score (nSPS) is 10.9. The maximum absolute atomic E-state index is 13.4. The standard InChI is InChI=1S/C21H17FN4O/c1-14(27)24-13-18-3-2-4-19-20(15-9-11-23-12-10-15)21(25-26(18)19)16-5-7-17(22)8-6-16/h2-12H,13H2,1H3,(H,24,27). The van der Waals surface area contributed by atoms with Gasteiger partial charge in [0.15, 0.2) is 0 Å². The third-order valence-electron chi connectivity index (χ3n) is 4.34. The van der Waals surface area contributed by atoms with Gasteiger partial charge in [-0.2, -0.15) is 5.10 Å². The number of rotatable bonds is 4. The lowest BCUT2D eigenvalue weighted by atomic mass is 10.0. The number of halogens is 1. The Hall–Kier alpha value is -3.54. The molecule has 27 heavy (non-hydrogen) atoms. The molecule has 0 spiro atoms. The van der Waals surface area contributed by atoms with Crippen molar-refractivity contribution in [2.24, 2.45) is 0 Å². The first kappa shape index (κ1) is 16.9. The summed E-state index contributed by atoms with van der Waals surface area (Å²) < 4.78 is 15.2. The highest BCUT2D eigenvalue weighted by Gasteiger charge is 2.18. The van der Waals surface area contributed by atoms with E-state index >= 15 is 0 Å². The third kappa shape index (κ3) is 3.29. The van der Waals surface area contributed by atoms with Gasteiger partial charge in [-0.1, -0.05) is 6.07 Å². The number of hydrogen-bond donors (Lipinski definition) is 1.